The highest BCUT2D eigenvalue weighted by Gasteiger charge is 2.11. The highest BCUT2D eigenvalue weighted by Crippen LogP contribution is 2.22. The molecule has 0 fully saturated rings. The van der Waals surface area contributed by atoms with Crippen molar-refractivity contribution in [3.8, 4) is 0 Å². The van der Waals surface area contributed by atoms with Crippen molar-refractivity contribution >= 4 is 22.7 Å². The van der Waals surface area contributed by atoms with Gasteiger partial charge in [0, 0.05) is 6.42 Å². The molecule has 13 heavy (non-hydrogen) atoms. The molecule has 0 aliphatic rings. The van der Waals surface area contributed by atoms with Gasteiger partial charge in [0.2, 0.25) is 5.58 Å². The van der Waals surface area contributed by atoms with E-state index in [1.54, 1.807) is 0 Å². The van der Waals surface area contributed by atoms with E-state index >= 15 is 0 Å². The second-order valence-electron chi connectivity index (χ2n) is 2.73. The number of halogens is 1. The molecule has 68 valence electrons. The summed E-state index contributed by atoms with van der Waals surface area (Å²) in [5.41, 5.74) is 1.92. The number of hydrogen-bond acceptors (Lipinski definition) is 4. The highest BCUT2D eigenvalue weighted by molar-refractivity contribution is 6.33. The number of aryl methyl sites for hydroxylation is 2. The Hall–Kier alpha value is -1.16. The maximum atomic E-state index is 5.87. The van der Waals surface area contributed by atoms with Crippen molar-refractivity contribution in [2.24, 2.45) is 0 Å². The smallest absolute Gasteiger partial charge is 0.222 e. The van der Waals surface area contributed by atoms with Gasteiger partial charge in [0.1, 0.15) is 17.0 Å². The van der Waals surface area contributed by atoms with Gasteiger partial charge in [-0.3, -0.25) is 0 Å². The van der Waals surface area contributed by atoms with Gasteiger partial charge in [-0.25, -0.2) is 9.97 Å². The minimum atomic E-state index is 0.336. The Morgan fingerprint density at radius 3 is 2.85 bits per heavy atom. The molecule has 0 aliphatic carbocycles. The largest absolute Gasteiger partial charge is 0.351 e. The average molecular weight is 198 g/mol. The standard InChI is InChI=1S/C8H8ClN3O/c1-3-5-10-6-4(2)12-13-7(6)8(9)11-5/h3H2,1-2H3. The molecule has 5 heteroatoms. The lowest BCUT2D eigenvalue weighted by atomic mass is 10.3. The van der Waals surface area contributed by atoms with Crippen LogP contribution >= 0.6 is 11.6 Å². The SMILES string of the molecule is CCc1nc(Cl)c2onc(C)c2n1. The topological polar surface area (TPSA) is 51.8 Å². The molecule has 2 aromatic rings. The fraction of sp³-hybridized carbons (Fsp3) is 0.375. The van der Waals surface area contributed by atoms with Gasteiger partial charge < -0.3 is 4.52 Å². The normalized spacial score (nSPS) is 11.0. The second kappa shape index (κ2) is 2.96. The zero-order valence-electron chi connectivity index (χ0n) is 7.33. The van der Waals surface area contributed by atoms with Crippen LogP contribution in [0.15, 0.2) is 4.52 Å². The van der Waals surface area contributed by atoms with Crippen LogP contribution in [-0.4, -0.2) is 15.1 Å². The van der Waals surface area contributed by atoms with Crippen molar-refractivity contribution in [2.75, 3.05) is 0 Å². The van der Waals surface area contributed by atoms with Crippen LogP contribution < -0.4 is 0 Å². The molecule has 2 rings (SSSR count). The molecule has 0 bridgehead atoms. The molecule has 0 aliphatic heterocycles. The van der Waals surface area contributed by atoms with Gasteiger partial charge in [-0.05, 0) is 6.92 Å². The first-order valence-electron chi connectivity index (χ1n) is 4.00. The van der Waals surface area contributed by atoms with Crippen molar-refractivity contribution in [3.05, 3.63) is 16.7 Å². The summed E-state index contributed by atoms with van der Waals surface area (Å²) in [6.45, 7) is 3.80. The van der Waals surface area contributed by atoms with Gasteiger partial charge in [0.25, 0.3) is 0 Å². The quantitative estimate of drug-likeness (QED) is 0.658. The van der Waals surface area contributed by atoms with Gasteiger partial charge in [0.05, 0.1) is 0 Å². The number of aromatic nitrogens is 3. The minimum Gasteiger partial charge on any atom is -0.351 e. The summed E-state index contributed by atoms with van der Waals surface area (Å²) >= 11 is 5.87. The molecular formula is C8H8ClN3O. The van der Waals surface area contributed by atoms with Crippen molar-refractivity contribution in [1.29, 1.82) is 0 Å². The third kappa shape index (κ3) is 1.27. The fourth-order valence-electron chi connectivity index (χ4n) is 1.11. The summed E-state index contributed by atoms with van der Waals surface area (Å²) in [4.78, 5) is 8.32. The molecule has 2 aromatic heterocycles. The molecule has 0 unspecified atom stereocenters. The summed E-state index contributed by atoms with van der Waals surface area (Å²) in [5.74, 6) is 0.712. The lowest BCUT2D eigenvalue weighted by Gasteiger charge is -1.95. The number of hydrogen-bond donors (Lipinski definition) is 0. The van der Waals surface area contributed by atoms with E-state index in [4.69, 9.17) is 16.1 Å². The lowest BCUT2D eigenvalue weighted by Crippen LogP contribution is -1.93. The van der Waals surface area contributed by atoms with Crippen molar-refractivity contribution in [3.63, 3.8) is 0 Å². The van der Waals surface area contributed by atoms with E-state index in [9.17, 15) is 0 Å². The molecule has 0 N–H and O–H groups in total. The Morgan fingerprint density at radius 1 is 1.38 bits per heavy atom. The van der Waals surface area contributed by atoms with E-state index in [0.29, 0.717) is 22.1 Å². The van der Waals surface area contributed by atoms with E-state index in [1.165, 1.54) is 0 Å². The van der Waals surface area contributed by atoms with Gasteiger partial charge >= 0.3 is 0 Å². The lowest BCUT2D eigenvalue weighted by molar-refractivity contribution is 0.449. The Kier molecular flexibility index (Phi) is 1.92. The minimum absolute atomic E-state index is 0.336. The number of nitrogens with zero attached hydrogens (tertiary/aromatic N) is 3. The summed E-state index contributed by atoms with van der Waals surface area (Å²) in [5, 5.41) is 4.11. The van der Waals surface area contributed by atoms with E-state index < -0.39 is 0 Å². The second-order valence-corrected chi connectivity index (χ2v) is 3.09. The summed E-state index contributed by atoms with van der Waals surface area (Å²) in [6.07, 6.45) is 0.750. The van der Waals surface area contributed by atoms with Crippen LogP contribution in [0, 0.1) is 6.92 Å². The maximum absolute atomic E-state index is 5.87. The van der Waals surface area contributed by atoms with Crippen molar-refractivity contribution < 1.29 is 4.52 Å². The predicted octanol–water partition coefficient (Wildman–Crippen LogP) is 2.14. The third-order valence-electron chi connectivity index (χ3n) is 1.80. The fourth-order valence-corrected chi connectivity index (χ4v) is 1.33. The zero-order valence-corrected chi connectivity index (χ0v) is 8.09. The van der Waals surface area contributed by atoms with Gasteiger partial charge in [0.15, 0.2) is 5.15 Å². The van der Waals surface area contributed by atoms with E-state index in [1.807, 2.05) is 13.8 Å². The van der Waals surface area contributed by atoms with E-state index in [0.717, 1.165) is 12.1 Å². The molecule has 0 spiro atoms. The monoisotopic (exact) mass is 197 g/mol. The maximum Gasteiger partial charge on any atom is 0.222 e. The summed E-state index contributed by atoms with van der Waals surface area (Å²) < 4.78 is 4.97. The summed E-state index contributed by atoms with van der Waals surface area (Å²) in [7, 11) is 0. The molecule has 0 atom stereocenters. The first kappa shape index (κ1) is 8.44. The average Bonchev–Trinajstić information content (AvgIpc) is 2.48. The van der Waals surface area contributed by atoms with Crippen LogP contribution in [0.25, 0.3) is 11.1 Å². The Bertz CT molecular complexity index is 452. The van der Waals surface area contributed by atoms with Crippen molar-refractivity contribution in [1.82, 2.24) is 15.1 Å². The summed E-state index contributed by atoms with van der Waals surface area (Å²) in [6, 6.07) is 0. The third-order valence-corrected chi connectivity index (χ3v) is 2.06. The van der Waals surface area contributed by atoms with E-state index in [-0.39, 0.29) is 0 Å². The van der Waals surface area contributed by atoms with Crippen LogP contribution in [0.3, 0.4) is 0 Å². The Morgan fingerprint density at radius 2 is 2.15 bits per heavy atom. The van der Waals surface area contributed by atoms with Gasteiger partial charge in [-0.15, -0.1) is 0 Å². The van der Waals surface area contributed by atoms with Crippen LogP contribution in [0.5, 0.6) is 0 Å². The predicted molar refractivity (Wildman–Crippen MR) is 48.7 cm³/mol. The zero-order chi connectivity index (χ0) is 9.42. The Balaban J connectivity index is 2.80. The first-order valence-corrected chi connectivity index (χ1v) is 4.38. The molecule has 0 aromatic carbocycles. The number of fused-ring (bicyclic) bond motifs is 1. The Labute approximate surface area is 79.9 Å². The van der Waals surface area contributed by atoms with E-state index in [2.05, 4.69) is 15.1 Å². The van der Waals surface area contributed by atoms with Gasteiger partial charge in [-0.1, -0.05) is 23.7 Å². The van der Waals surface area contributed by atoms with Crippen LogP contribution in [0.2, 0.25) is 5.15 Å². The van der Waals surface area contributed by atoms with Gasteiger partial charge in [-0.2, -0.15) is 0 Å². The first-order chi connectivity index (χ1) is 6.22. The van der Waals surface area contributed by atoms with Crippen molar-refractivity contribution in [2.45, 2.75) is 20.3 Å². The van der Waals surface area contributed by atoms with Crippen LogP contribution in [0.1, 0.15) is 18.4 Å². The molecule has 0 saturated heterocycles. The molecular weight excluding hydrogens is 190 g/mol. The molecule has 2 heterocycles. The molecule has 4 nitrogen and oxygen atoms in total. The van der Waals surface area contributed by atoms with Crippen LogP contribution in [0.4, 0.5) is 0 Å². The molecule has 0 amide bonds. The molecule has 0 radical (unpaired) electrons. The highest BCUT2D eigenvalue weighted by atomic mass is 35.5. The van der Waals surface area contributed by atoms with Crippen LogP contribution in [-0.2, 0) is 6.42 Å². The number of rotatable bonds is 1. The molecule has 0 saturated carbocycles.